The highest BCUT2D eigenvalue weighted by Gasteiger charge is 2.22. The number of benzene rings is 1. The summed E-state index contributed by atoms with van der Waals surface area (Å²) in [5, 5.41) is 0. The molecule has 0 bridgehead atoms. The van der Waals surface area contributed by atoms with Crippen LogP contribution in [0.1, 0.15) is 44.7 Å². The molecule has 4 heteroatoms. The largest absolute Gasteiger partial charge is 0.496 e. The predicted molar refractivity (Wildman–Crippen MR) is 100 cm³/mol. The molecule has 2 rings (SSSR count). The summed E-state index contributed by atoms with van der Waals surface area (Å²) in [5.41, 5.74) is 2.44. The second kappa shape index (κ2) is 8.72. The van der Waals surface area contributed by atoms with Gasteiger partial charge in [0.05, 0.1) is 14.2 Å². The Hall–Kier alpha value is -1.26. The lowest BCUT2D eigenvalue weighted by molar-refractivity contribution is 0.116. The van der Waals surface area contributed by atoms with Crippen molar-refractivity contribution in [2.45, 2.75) is 40.2 Å². The molecule has 0 aliphatic carbocycles. The van der Waals surface area contributed by atoms with Gasteiger partial charge in [-0.05, 0) is 17.9 Å². The van der Waals surface area contributed by atoms with Gasteiger partial charge in [-0.3, -0.25) is 4.90 Å². The maximum Gasteiger partial charge on any atom is 0.130 e. The van der Waals surface area contributed by atoms with Crippen LogP contribution in [0, 0.1) is 5.92 Å². The van der Waals surface area contributed by atoms with Crippen LogP contribution in [0.15, 0.2) is 12.1 Å². The van der Waals surface area contributed by atoms with E-state index in [0.717, 1.165) is 50.1 Å². The lowest BCUT2D eigenvalue weighted by atomic mass is 9.97. The molecule has 1 fully saturated rings. The highest BCUT2D eigenvalue weighted by atomic mass is 16.5. The third-order valence-corrected chi connectivity index (χ3v) is 4.72. The molecule has 0 radical (unpaired) electrons. The number of ether oxygens (including phenoxy) is 2. The molecule has 1 aromatic carbocycles. The SMILES string of the molecule is COc1ccc(CN2CCN(CC(C)C)CC2)c(OC)c1C(C)C. The fraction of sp³-hybridized carbons (Fsp3) is 0.700. The molecule has 0 aromatic heterocycles. The van der Waals surface area contributed by atoms with Crippen LogP contribution in [0.2, 0.25) is 0 Å². The smallest absolute Gasteiger partial charge is 0.130 e. The Kier molecular flexibility index (Phi) is 6.93. The van der Waals surface area contributed by atoms with Gasteiger partial charge >= 0.3 is 0 Å². The second-order valence-electron chi connectivity index (χ2n) is 7.50. The molecule has 1 saturated heterocycles. The van der Waals surface area contributed by atoms with Crippen LogP contribution >= 0.6 is 0 Å². The lowest BCUT2D eigenvalue weighted by Crippen LogP contribution is -2.46. The molecule has 1 aliphatic heterocycles. The van der Waals surface area contributed by atoms with Crippen molar-refractivity contribution >= 4 is 0 Å². The molecule has 0 amide bonds. The number of methoxy groups -OCH3 is 2. The van der Waals surface area contributed by atoms with E-state index in [-0.39, 0.29) is 0 Å². The summed E-state index contributed by atoms with van der Waals surface area (Å²) >= 11 is 0. The quantitative estimate of drug-likeness (QED) is 0.761. The molecular formula is C20H34N2O2. The van der Waals surface area contributed by atoms with Crippen LogP contribution in [-0.2, 0) is 6.54 Å². The average Bonchev–Trinajstić information content (AvgIpc) is 2.55. The van der Waals surface area contributed by atoms with E-state index in [1.54, 1.807) is 14.2 Å². The Morgan fingerprint density at radius 3 is 2.04 bits per heavy atom. The van der Waals surface area contributed by atoms with Crippen LogP contribution in [0.4, 0.5) is 0 Å². The van der Waals surface area contributed by atoms with E-state index in [2.05, 4.69) is 49.6 Å². The number of piperazine rings is 1. The second-order valence-corrected chi connectivity index (χ2v) is 7.50. The van der Waals surface area contributed by atoms with E-state index >= 15 is 0 Å². The van der Waals surface area contributed by atoms with E-state index in [1.165, 1.54) is 17.7 Å². The van der Waals surface area contributed by atoms with Gasteiger partial charge in [0.15, 0.2) is 0 Å². The Morgan fingerprint density at radius 1 is 0.917 bits per heavy atom. The van der Waals surface area contributed by atoms with Gasteiger partial charge < -0.3 is 14.4 Å². The van der Waals surface area contributed by atoms with Crippen LogP contribution in [0.3, 0.4) is 0 Å². The monoisotopic (exact) mass is 334 g/mol. The van der Waals surface area contributed by atoms with Crippen molar-refractivity contribution in [1.82, 2.24) is 9.80 Å². The van der Waals surface area contributed by atoms with Gasteiger partial charge in [-0.15, -0.1) is 0 Å². The van der Waals surface area contributed by atoms with Crippen molar-refractivity contribution in [2.24, 2.45) is 5.92 Å². The van der Waals surface area contributed by atoms with Crippen molar-refractivity contribution in [3.8, 4) is 11.5 Å². The van der Waals surface area contributed by atoms with Crippen molar-refractivity contribution < 1.29 is 9.47 Å². The Balaban J connectivity index is 2.09. The Bertz CT molecular complexity index is 521. The number of hydrogen-bond donors (Lipinski definition) is 0. The van der Waals surface area contributed by atoms with Gasteiger partial charge in [-0.1, -0.05) is 33.8 Å². The van der Waals surface area contributed by atoms with E-state index in [1.807, 2.05) is 0 Å². The lowest BCUT2D eigenvalue weighted by Gasteiger charge is -2.36. The molecule has 0 atom stereocenters. The summed E-state index contributed by atoms with van der Waals surface area (Å²) in [4.78, 5) is 5.11. The Morgan fingerprint density at radius 2 is 1.54 bits per heavy atom. The molecule has 24 heavy (non-hydrogen) atoms. The van der Waals surface area contributed by atoms with E-state index in [9.17, 15) is 0 Å². The summed E-state index contributed by atoms with van der Waals surface area (Å²) in [6.07, 6.45) is 0. The summed E-state index contributed by atoms with van der Waals surface area (Å²) in [6.45, 7) is 15.7. The van der Waals surface area contributed by atoms with Gasteiger partial charge in [0.25, 0.3) is 0 Å². The molecule has 136 valence electrons. The molecule has 0 N–H and O–H groups in total. The minimum Gasteiger partial charge on any atom is -0.496 e. The molecule has 0 unspecified atom stereocenters. The van der Waals surface area contributed by atoms with Crippen LogP contribution < -0.4 is 9.47 Å². The first-order valence-corrected chi connectivity index (χ1v) is 9.14. The fourth-order valence-electron chi connectivity index (χ4n) is 3.60. The third kappa shape index (κ3) is 4.64. The maximum absolute atomic E-state index is 5.78. The van der Waals surface area contributed by atoms with Gasteiger partial charge in [0, 0.05) is 50.4 Å². The van der Waals surface area contributed by atoms with Crippen LogP contribution in [-0.4, -0.2) is 56.7 Å². The fourth-order valence-corrected chi connectivity index (χ4v) is 3.60. The summed E-state index contributed by atoms with van der Waals surface area (Å²) < 4.78 is 11.3. The topological polar surface area (TPSA) is 24.9 Å². The first-order valence-electron chi connectivity index (χ1n) is 9.14. The van der Waals surface area contributed by atoms with Crippen molar-refractivity contribution in [2.75, 3.05) is 46.9 Å². The van der Waals surface area contributed by atoms with Gasteiger partial charge in [-0.25, -0.2) is 0 Å². The minimum absolute atomic E-state index is 0.373. The third-order valence-electron chi connectivity index (χ3n) is 4.72. The zero-order valence-electron chi connectivity index (χ0n) is 16.3. The van der Waals surface area contributed by atoms with E-state index < -0.39 is 0 Å². The van der Waals surface area contributed by atoms with E-state index in [4.69, 9.17) is 9.47 Å². The molecule has 1 aromatic rings. The van der Waals surface area contributed by atoms with Crippen molar-refractivity contribution in [3.63, 3.8) is 0 Å². The molecule has 1 aliphatic rings. The van der Waals surface area contributed by atoms with Crippen LogP contribution in [0.5, 0.6) is 11.5 Å². The normalized spacial score (nSPS) is 16.8. The zero-order chi connectivity index (χ0) is 17.7. The average molecular weight is 335 g/mol. The van der Waals surface area contributed by atoms with Crippen molar-refractivity contribution in [3.05, 3.63) is 23.3 Å². The van der Waals surface area contributed by atoms with Gasteiger partial charge in [0.1, 0.15) is 11.5 Å². The Labute approximate surface area is 147 Å². The maximum atomic E-state index is 5.78. The number of hydrogen-bond acceptors (Lipinski definition) is 4. The number of nitrogens with zero attached hydrogens (tertiary/aromatic N) is 2. The highest BCUT2D eigenvalue weighted by Crippen LogP contribution is 2.38. The molecule has 1 heterocycles. The standard InChI is InChI=1S/C20H34N2O2/c1-15(2)13-21-9-11-22(12-10-21)14-17-7-8-18(23-5)19(16(3)4)20(17)24-6/h7-8,15-16H,9-14H2,1-6H3. The summed E-state index contributed by atoms with van der Waals surface area (Å²) in [7, 11) is 3.50. The first-order chi connectivity index (χ1) is 11.5. The van der Waals surface area contributed by atoms with E-state index in [0.29, 0.717) is 5.92 Å². The van der Waals surface area contributed by atoms with Gasteiger partial charge in [-0.2, -0.15) is 0 Å². The minimum atomic E-state index is 0.373. The van der Waals surface area contributed by atoms with Crippen LogP contribution in [0.25, 0.3) is 0 Å². The summed E-state index contributed by atoms with van der Waals surface area (Å²) in [6, 6.07) is 4.24. The van der Waals surface area contributed by atoms with Crippen molar-refractivity contribution in [1.29, 1.82) is 0 Å². The van der Waals surface area contributed by atoms with Gasteiger partial charge in [0.2, 0.25) is 0 Å². The highest BCUT2D eigenvalue weighted by molar-refractivity contribution is 5.51. The summed E-state index contributed by atoms with van der Waals surface area (Å²) in [5.74, 6) is 3.03. The molecule has 0 saturated carbocycles. The first kappa shape index (κ1) is 19.1. The predicted octanol–water partition coefficient (Wildman–Crippen LogP) is 3.60. The molecule has 0 spiro atoms. The molecule has 4 nitrogen and oxygen atoms in total. The number of rotatable bonds is 7. The molecular weight excluding hydrogens is 300 g/mol. The zero-order valence-corrected chi connectivity index (χ0v) is 16.3.